The zero-order chi connectivity index (χ0) is 9.42. The summed E-state index contributed by atoms with van der Waals surface area (Å²) in [6, 6.07) is 3.48. The van der Waals surface area contributed by atoms with Gasteiger partial charge in [-0.3, -0.25) is 0 Å². The Balaban J connectivity index is 2.50. The molecule has 1 aliphatic carbocycles. The molecule has 0 saturated heterocycles. The predicted octanol–water partition coefficient (Wildman–Crippen LogP) is 3.49. The van der Waals surface area contributed by atoms with Gasteiger partial charge >= 0.3 is 0 Å². The third-order valence-corrected chi connectivity index (χ3v) is 2.88. The van der Waals surface area contributed by atoms with Gasteiger partial charge in [-0.1, -0.05) is 18.5 Å². The number of phenols is 1. The molecule has 0 radical (unpaired) electrons. The Hall–Kier alpha value is -0.690. The molecule has 70 valence electrons. The van der Waals surface area contributed by atoms with Gasteiger partial charge in [-0.2, -0.15) is 0 Å². The van der Waals surface area contributed by atoms with Crippen LogP contribution in [0.3, 0.4) is 0 Å². The first-order chi connectivity index (χ1) is 6.22. The molecule has 1 fully saturated rings. The van der Waals surface area contributed by atoms with E-state index in [2.05, 4.69) is 6.92 Å². The van der Waals surface area contributed by atoms with Crippen LogP contribution in [0.15, 0.2) is 12.1 Å². The molecule has 0 atom stereocenters. The number of rotatable bonds is 2. The Morgan fingerprint density at radius 1 is 1.46 bits per heavy atom. The molecule has 13 heavy (non-hydrogen) atoms. The van der Waals surface area contributed by atoms with Gasteiger partial charge in [0.05, 0.1) is 0 Å². The van der Waals surface area contributed by atoms with Crippen molar-refractivity contribution in [2.24, 2.45) is 0 Å². The summed E-state index contributed by atoms with van der Waals surface area (Å²) in [5.41, 5.74) is 2.47. The van der Waals surface area contributed by atoms with Crippen molar-refractivity contribution < 1.29 is 5.11 Å². The lowest BCUT2D eigenvalue weighted by molar-refractivity contribution is 0.474. The van der Waals surface area contributed by atoms with Gasteiger partial charge < -0.3 is 5.11 Å². The van der Waals surface area contributed by atoms with Gasteiger partial charge in [0.15, 0.2) is 0 Å². The van der Waals surface area contributed by atoms with Crippen molar-refractivity contribution in [2.45, 2.75) is 32.1 Å². The molecule has 2 heteroatoms. The molecule has 2 rings (SSSR count). The number of aryl methyl sites for hydroxylation is 1. The highest BCUT2D eigenvalue weighted by atomic mass is 35.5. The monoisotopic (exact) mass is 196 g/mol. The standard InChI is InChI=1S/C11H13ClO/c1-2-7-5-9(13)6-10(12)11(7)8-3-4-8/h5-6,8,13H,2-4H2,1H3. The molecule has 1 nitrogen and oxygen atoms in total. The summed E-state index contributed by atoms with van der Waals surface area (Å²) in [5, 5.41) is 10.1. The highest BCUT2D eigenvalue weighted by Crippen LogP contribution is 2.46. The number of hydrogen-bond donors (Lipinski definition) is 1. The van der Waals surface area contributed by atoms with Crippen LogP contribution in [0, 0.1) is 0 Å². The van der Waals surface area contributed by atoms with Crippen molar-refractivity contribution in [1.29, 1.82) is 0 Å². The molecular weight excluding hydrogens is 184 g/mol. The first kappa shape index (κ1) is 8.89. The molecule has 1 aliphatic rings. The average molecular weight is 197 g/mol. The van der Waals surface area contributed by atoms with Crippen LogP contribution >= 0.6 is 11.6 Å². The highest BCUT2D eigenvalue weighted by molar-refractivity contribution is 6.31. The second-order valence-electron chi connectivity index (χ2n) is 3.63. The lowest BCUT2D eigenvalue weighted by Crippen LogP contribution is -1.91. The van der Waals surface area contributed by atoms with Gasteiger partial charge in [-0.15, -0.1) is 0 Å². The molecule has 0 heterocycles. The van der Waals surface area contributed by atoms with E-state index in [9.17, 15) is 5.11 Å². The Labute approximate surface area is 83.3 Å². The maximum atomic E-state index is 9.37. The van der Waals surface area contributed by atoms with Crippen LogP contribution in [-0.2, 0) is 6.42 Å². The quantitative estimate of drug-likeness (QED) is 0.768. The van der Waals surface area contributed by atoms with E-state index < -0.39 is 0 Å². The van der Waals surface area contributed by atoms with E-state index in [1.165, 1.54) is 24.0 Å². The largest absolute Gasteiger partial charge is 0.508 e. The summed E-state index contributed by atoms with van der Waals surface area (Å²) in [4.78, 5) is 0. The normalized spacial score (nSPS) is 16.2. The Kier molecular flexibility index (Phi) is 2.20. The van der Waals surface area contributed by atoms with Crippen molar-refractivity contribution in [3.05, 3.63) is 28.3 Å². The van der Waals surface area contributed by atoms with Crippen molar-refractivity contribution in [3.63, 3.8) is 0 Å². The smallest absolute Gasteiger partial charge is 0.117 e. The number of aromatic hydroxyl groups is 1. The molecule has 1 saturated carbocycles. The summed E-state index contributed by atoms with van der Waals surface area (Å²) in [5.74, 6) is 0.939. The molecule has 0 aromatic heterocycles. The summed E-state index contributed by atoms with van der Waals surface area (Å²) >= 11 is 6.09. The van der Waals surface area contributed by atoms with E-state index in [0.29, 0.717) is 5.92 Å². The maximum Gasteiger partial charge on any atom is 0.117 e. The van der Waals surface area contributed by atoms with Gasteiger partial charge in [0.25, 0.3) is 0 Å². The lowest BCUT2D eigenvalue weighted by atomic mass is 10.0. The second kappa shape index (κ2) is 3.22. The zero-order valence-electron chi connectivity index (χ0n) is 7.68. The van der Waals surface area contributed by atoms with Crippen LogP contribution < -0.4 is 0 Å². The van der Waals surface area contributed by atoms with Crippen molar-refractivity contribution >= 4 is 11.6 Å². The van der Waals surface area contributed by atoms with Gasteiger partial charge in [0.2, 0.25) is 0 Å². The third kappa shape index (κ3) is 1.66. The second-order valence-corrected chi connectivity index (χ2v) is 4.04. The van der Waals surface area contributed by atoms with E-state index in [1.54, 1.807) is 6.07 Å². The Bertz CT molecular complexity index is 329. The average Bonchev–Trinajstić information content (AvgIpc) is 2.86. The summed E-state index contributed by atoms with van der Waals surface area (Å²) < 4.78 is 0. The minimum absolute atomic E-state index is 0.284. The van der Waals surface area contributed by atoms with Gasteiger partial charge in [0, 0.05) is 5.02 Å². The number of phenolic OH excluding ortho intramolecular Hbond substituents is 1. The van der Waals surface area contributed by atoms with Gasteiger partial charge in [-0.25, -0.2) is 0 Å². The summed E-state index contributed by atoms with van der Waals surface area (Å²) in [7, 11) is 0. The van der Waals surface area contributed by atoms with Crippen LogP contribution in [0.4, 0.5) is 0 Å². The molecule has 1 aromatic rings. The number of benzene rings is 1. The van der Waals surface area contributed by atoms with Crippen molar-refractivity contribution in [3.8, 4) is 5.75 Å². The van der Waals surface area contributed by atoms with Gasteiger partial charge in [-0.05, 0) is 48.4 Å². The Morgan fingerprint density at radius 2 is 2.15 bits per heavy atom. The maximum absolute atomic E-state index is 9.37. The lowest BCUT2D eigenvalue weighted by Gasteiger charge is -2.09. The zero-order valence-corrected chi connectivity index (χ0v) is 8.43. The van der Waals surface area contributed by atoms with E-state index >= 15 is 0 Å². The molecule has 0 spiro atoms. The van der Waals surface area contributed by atoms with Crippen LogP contribution in [-0.4, -0.2) is 5.11 Å². The highest BCUT2D eigenvalue weighted by Gasteiger charge is 2.28. The van der Waals surface area contributed by atoms with E-state index in [0.717, 1.165) is 11.4 Å². The van der Waals surface area contributed by atoms with Crippen LogP contribution in [0.2, 0.25) is 5.02 Å². The predicted molar refractivity (Wildman–Crippen MR) is 54.5 cm³/mol. The topological polar surface area (TPSA) is 20.2 Å². The number of halogens is 1. The Morgan fingerprint density at radius 3 is 2.69 bits per heavy atom. The van der Waals surface area contributed by atoms with E-state index in [4.69, 9.17) is 11.6 Å². The fraction of sp³-hybridized carbons (Fsp3) is 0.455. The summed E-state index contributed by atoms with van der Waals surface area (Å²) in [6.07, 6.45) is 3.44. The van der Waals surface area contributed by atoms with E-state index in [1.807, 2.05) is 6.07 Å². The van der Waals surface area contributed by atoms with Crippen LogP contribution in [0.5, 0.6) is 5.75 Å². The van der Waals surface area contributed by atoms with Gasteiger partial charge in [0.1, 0.15) is 5.75 Å². The van der Waals surface area contributed by atoms with E-state index in [-0.39, 0.29) is 5.75 Å². The molecule has 1 N–H and O–H groups in total. The third-order valence-electron chi connectivity index (χ3n) is 2.57. The molecular formula is C11H13ClO. The fourth-order valence-corrected chi connectivity index (χ4v) is 2.17. The molecule has 0 bridgehead atoms. The molecule has 0 unspecified atom stereocenters. The van der Waals surface area contributed by atoms with Crippen LogP contribution in [0.25, 0.3) is 0 Å². The fourth-order valence-electron chi connectivity index (χ4n) is 1.78. The SMILES string of the molecule is CCc1cc(O)cc(Cl)c1C1CC1. The van der Waals surface area contributed by atoms with Crippen molar-refractivity contribution in [2.75, 3.05) is 0 Å². The molecule has 0 aliphatic heterocycles. The minimum atomic E-state index is 0.284. The molecule has 1 aromatic carbocycles. The minimum Gasteiger partial charge on any atom is -0.508 e. The first-order valence-corrected chi connectivity index (χ1v) is 5.11. The van der Waals surface area contributed by atoms with Crippen LogP contribution in [0.1, 0.15) is 36.8 Å². The first-order valence-electron chi connectivity index (χ1n) is 4.73. The summed E-state index contributed by atoms with van der Waals surface area (Å²) in [6.45, 7) is 2.09. The van der Waals surface area contributed by atoms with Crippen molar-refractivity contribution in [1.82, 2.24) is 0 Å². The number of hydrogen-bond acceptors (Lipinski definition) is 1. The molecule has 0 amide bonds.